The van der Waals surface area contributed by atoms with Gasteiger partial charge in [0.05, 0.1) is 15.6 Å². The first-order valence-electron chi connectivity index (χ1n) is 9.94. The first-order valence-corrected chi connectivity index (χ1v) is 10.7. The topological polar surface area (TPSA) is 38.8 Å². The normalized spacial score (nSPS) is 16.6. The van der Waals surface area contributed by atoms with E-state index in [4.69, 9.17) is 32.7 Å². The highest BCUT2D eigenvalue weighted by Crippen LogP contribution is 2.43. The Hall–Kier alpha value is -2.79. The van der Waals surface area contributed by atoms with Crippen molar-refractivity contribution in [2.45, 2.75) is 20.0 Å². The predicted octanol–water partition coefficient (Wildman–Crippen LogP) is 6.27. The second-order valence-corrected chi connectivity index (χ2v) is 8.54. The van der Waals surface area contributed by atoms with Crippen molar-refractivity contribution in [3.63, 3.8) is 0 Å². The van der Waals surface area contributed by atoms with Crippen molar-refractivity contribution in [1.82, 2.24) is 4.90 Å². The summed E-state index contributed by atoms with van der Waals surface area (Å²) in [5.41, 5.74) is 4.38. The molecule has 0 spiro atoms. The number of nitrogens with zero attached hydrogens (tertiary/aromatic N) is 1. The molecule has 0 saturated carbocycles. The molecule has 0 N–H and O–H groups in total. The van der Waals surface area contributed by atoms with E-state index in [1.165, 1.54) is 0 Å². The van der Waals surface area contributed by atoms with Crippen LogP contribution in [0.4, 0.5) is 0 Å². The number of benzene rings is 3. The standard InChI is InChI=1S/C25H19Cl2NO3/c1-15-24-18(13-28(14-30-24)12-17-7-8-20(26)21(27)9-17)11-19-23(29)22(31-25(15)19)10-16-5-3-2-4-6-16/h2-11H,12-14H2,1H3/b22-10-. The quantitative estimate of drug-likeness (QED) is 0.439. The maximum absolute atomic E-state index is 13.0. The Kier molecular flexibility index (Phi) is 5.22. The van der Waals surface area contributed by atoms with Gasteiger partial charge in [-0.25, -0.2) is 0 Å². The van der Waals surface area contributed by atoms with Gasteiger partial charge in [0.2, 0.25) is 5.78 Å². The highest BCUT2D eigenvalue weighted by Gasteiger charge is 2.33. The van der Waals surface area contributed by atoms with Gasteiger partial charge >= 0.3 is 0 Å². The van der Waals surface area contributed by atoms with Crippen LogP contribution in [0.15, 0.2) is 60.4 Å². The molecular formula is C25H19Cl2NO3. The Morgan fingerprint density at radius 1 is 1.03 bits per heavy atom. The van der Waals surface area contributed by atoms with Gasteiger partial charge in [0.1, 0.15) is 18.2 Å². The van der Waals surface area contributed by atoms with Crippen molar-refractivity contribution in [3.05, 3.63) is 98.2 Å². The van der Waals surface area contributed by atoms with E-state index < -0.39 is 0 Å². The van der Waals surface area contributed by atoms with Crippen molar-refractivity contribution in [3.8, 4) is 11.5 Å². The molecule has 5 rings (SSSR count). The molecule has 0 amide bonds. The molecule has 3 aromatic rings. The van der Waals surface area contributed by atoms with Gasteiger partial charge in [-0.05, 0) is 42.3 Å². The van der Waals surface area contributed by atoms with Crippen molar-refractivity contribution in [2.75, 3.05) is 6.73 Å². The summed E-state index contributed by atoms with van der Waals surface area (Å²) in [6.45, 7) is 3.70. The van der Waals surface area contributed by atoms with Crippen LogP contribution in [0, 0.1) is 6.92 Å². The SMILES string of the molecule is Cc1c2c(cc3c1O/C(=C\c1ccccc1)C3=O)CN(Cc1ccc(Cl)c(Cl)c1)CO2. The van der Waals surface area contributed by atoms with Gasteiger partial charge in [-0.2, -0.15) is 0 Å². The maximum atomic E-state index is 13.0. The van der Waals surface area contributed by atoms with E-state index in [2.05, 4.69) is 4.90 Å². The molecule has 2 aliphatic heterocycles. The number of ketones is 1. The first kappa shape index (κ1) is 20.1. The first-order chi connectivity index (χ1) is 15.0. The third kappa shape index (κ3) is 3.83. The molecule has 0 aromatic heterocycles. The van der Waals surface area contributed by atoms with Crippen LogP contribution < -0.4 is 9.47 Å². The number of carbonyl (C=O) groups is 1. The Morgan fingerprint density at radius 2 is 1.84 bits per heavy atom. The van der Waals surface area contributed by atoms with Crippen LogP contribution >= 0.6 is 23.2 Å². The van der Waals surface area contributed by atoms with E-state index in [0.717, 1.165) is 28.0 Å². The summed E-state index contributed by atoms with van der Waals surface area (Å²) < 4.78 is 12.0. The molecule has 31 heavy (non-hydrogen) atoms. The van der Waals surface area contributed by atoms with Crippen molar-refractivity contribution in [2.24, 2.45) is 0 Å². The summed E-state index contributed by atoms with van der Waals surface area (Å²) in [6.07, 6.45) is 1.78. The molecule has 0 bridgehead atoms. The maximum Gasteiger partial charge on any atom is 0.231 e. The largest absolute Gasteiger partial charge is 0.477 e. The average molecular weight is 452 g/mol. The summed E-state index contributed by atoms with van der Waals surface area (Å²) in [4.78, 5) is 15.2. The Morgan fingerprint density at radius 3 is 2.61 bits per heavy atom. The van der Waals surface area contributed by atoms with Crippen molar-refractivity contribution in [1.29, 1.82) is 0 Å². The second-order valence-electron chi connectivity index (χ2n) is 7.73. The van der Waals surface area contributed by atoms with Crippen LogP contribution in [0.3, 0.4) is 0 Å². The van der Waals surface area contributed by atoms with Crippen LogP contribution in [0.5, 0.6) is 11.5 Å². The minimum atomic E-state index is -0.105. The number of fused-ring (bicyclic) bond motifs is 2. The molecule has 0 unspecified atom stereocenters. The fourth-order valence-electron chi connectivity index (χ4n) is 3.99. The number of rotatable bonds is 3. The highest BCUT2D eigenvalue weighted by atomic mass is 35.5. The summed E-state index contributed by atoms with van der Waals surface area (Å²) in [7, 11) is 0. The minimum absolute atomic E-state index is 0.105. The minimum Gasteiger partial charge on any atom is -0.477 e. The van der Waals surface area contributed by atoms with Gasteiger partial charge in [0.25, 0.3) is 0 Å². The van der Waals surface area contributed by atoms with Crippen molar-refractivity contribution < 1.29 is 14.3 Å². The van der Waals surface area contributed by atoms with Gasteiger partial charge < -0.3 is 9.47 Å². The zero-order valence-electron chi connectivity index (χ0n) is 16.8. The highest BCUT2D eigenvalue weighted by molar-refractivity contribution is 6.42. The smallest absolute Gasteiger partial charge is 0.231 e. The van der Waals surface area contributed by atoms with Crippen LogP contribution in [-0.2, 0) is 13.1 Å². The Balaban J connectivity index is 1.41. The molecule has 4 nitrogen and oxygen atoms in total. The van der Waals surface area contributed by atoms with Crippen LogP contribution in [0.1, 0.15) is 32.6 Å². The van der Waals surface area contributed by atoms with Gasteiger partial charge in [0, 0.05) is 24.2 Å². The van der Waals surface area contributed by atoms with Crippen molar-refractivity contribution >= 4 is 35.1 Å². The number of ether oxygens (including phenoxy) is 2. The summed E-state index contributed by atoms with van der Waals surface area (Å²) in [5.74, 6) is 1.60. The van der Waals surface area contributed by atoms with E-state index in [9.17, 15) is 4.79 Å². The monoisotopic (exact) mass is 451 g/mol. The van der Waals surface area contributed by atoms with Gasteiger partial charge in [-0.1, -0.05) is 59.6 Å². The van der Waals surface area contributed by atoms with E-state index in [1.54, 1.807) is 12.1 Å². The molecule has 0 saturated heterocycles. The fraction of sp³-hybridized carbons (Fsp3) is 0.160. The molecule has 0 aliphatic carbocycles. The zero-order valence-corrected chi connectivity index (χ0v) is 18.3. The molecule has 2 heterocycles. The second kappa shape index (κ2) is 8.04. The predicted molar refractivity (Wildman–Crippen MR) is 122 cm³/mol. The summed E-state index contributed by atoms with van der Waals surface area (Å²) in [5, 5.41) is 1.07. The lowest BCUT2D eigenvalue weighted by Gasteiger charge is -2.30. The van der Waals surface area contributed by atoms with Gasteiger partial charge in [-0.15, -0.1) is 0 Å². The molecule has 0 fully saturated rings. The number of hydrogen-bond acceptors (Lipinski definition) is 4. The third-order valence-corrected chi connectivity index (χ3v) is 6.23. The van der Waals surface area contributed by atoms with E-state index >= 15 is 0 Å². The number of Topliss-reactive ketones (excluding diaryl/α,β-unsaturated/α-hetero) is 1. The lowest BCUT2D eigenvalue weighted by Crippen LogP contribution is -2.32. The molecular weight excluding hydrogens is 433 g/mol. The molecule has 0 radical (unpaired) electrons. The Labute approximate surface area is 190 Å². The van der Waals surface area contributed by atoms with Crippen LogP contribution in [0.25, 0.3) is 6.08 Å². The lowest BCUT2D eigenvalue weighted by molar-refractivity contribution is 0.0876. The molecule has 2 aliphatic rings. The summed E-state index contributed by atoms with van der Waals surface area (Å²) in [6, 6.07) is 17.2. The number of halogens is 2. The lowest BCUT2D eigenvalue weighted by atomic mass is 10.00. The summed E-state index contributed by atoms with van der Waals surface area (Å²) >= 11 is 12.2. The van der Waals surface area contributed by atoms with Crippen LogP contribution in [-0.4, -0.2) is 17.4 Å². The zero-order chi connectivity index (χ0) is 21.5. The van der Waals surface area contributed by atoms with Crippen LogP contribution in [0.2, 0.25) is 10.0 Å². The average Bonchev–Trinajstić information content (AvgIpc) is 3.07. The van der Waals surface area contributed by atoms with E-state index in [-0.39, 0.29) is 5.78 Å². The van der Waals surface area contributed by atoms with E-state index in [0.29, 0.717) is 46.9 Å². The fourth-order valence-corrected chi connectivity index (χ4v) is 4.32. The number of carbonyl (C=O) groups excluding carboxylic acids is 1. The molecule has 6 heteroatoms. The molecule has 3 aromatic carbocycles. The third-order valence-electron chi connectivity index (χ3n) is 5.49. The Bertz CT molecular complexity index is 1220. The van der Waals surface area contributed by atoms with Gasteiger partial charge in [0.15, 0.2) is 5.76 Å². The van der Waals surface area contributed by atoms with Gasteiger partial charge in [-0.3, -0.25) is 9.69 Å². The molecule has 156 valence electrons. The molecule has 0 atom stereocenters. The number of hydrogen-bond donors (Lipinski definition) is 0. The number of allylic oxidation sites excluding steroid dienone is 1. The van der Waals surface area contributed by atoms with E-state index in [1.807, 2.05) is 55.5 Å².